The van der Waals surface area contributed by atoms with Gasteiger partial charge in [0.1, 0.15) is 6.61 Å². The van der Waals surface area contributed by atoms with Crippen LogP contribution in [0, 0.1) is 12.7 Å². The average Bonchev–Trinajstić information content (AvgIpc) is 2.30. The molecule has 1 aromatic carbocycles. The van der Waals surface area contributed by atoms with E-state index >= 15 is 0 Å². The second-order valence-electron chi connectivity index (χ2n) is 3.80. The van der Waals surface area contributed by atoms with Crippen LogP contribution in [0.2, 0.25) is 0 Å². The zero-order valence-electron chi connectivity index (χ0n) is 9.48. The maximum atomic E-state index is 13.4. The quantitative estimate of drug-likeness (QED) is 0.885. The summed E-state index contributed by atoms with van der Waals surface area (Å²) in [4.78, 5) is 4.08. The Kier molecular flexibility index (Phi) is 3.23. The second kappa shape index (κ2) is 4.82. The number of nitrogen functional groups attached to an aromatic ring is 1. The molecule has 0 bridgehead atoms. The summed E-state index contributed by atoms with van der Waals surface area (Å²) in [5, 5.41) is 0. The molecule has 0 fully saturated rings. The number of hydrogen-bond donors (Lipinski definition) is 1. The fourth-order valence-corrected chi connectivity index (χ4v) is 1.45. The van der Waals surface area contributed by atoms with Crippen molar-refractivity contribution >= 4 is 5.69 Å². The molecule has 1 aromatic heterocycles. The Morgan fingerprint density at radius 2 is 2.12 bits per heavy atom. The van der Waals surface area contributed by atoms with Gasteiger partial charge in [-0.2, -0.15) is 0 Å². The fraction of sp³-hybridized carbons (Fsp3) is 0.154. The van der Waals surface area contributed by atoms with Gasteiger partial charge in [0.15, 0.2) is 11.6 Å². The number of hydrogen-bond acceptors (Lipinski definition) is 3. The molecule has 2 rings (SSSR count). The number of halogens is 1. The summed E-state index contributed by atoms with van der Waals surface area (Å²) in [5.41, 5.74) is 7.84. The van der Waals surface area contributed by atoms with E-state index in [9.17, 15) is 4.39 Å². The van der Waals surface area contributed by atoms with Crippen LogP contribution < -0.4 is 10.5 Å². The van der Waals surface area contributed by atoms with E-state index in [4.69, 9.17) is 10.5 Å². The molecule has 0 saturated heterocycles. The summed E-state index contributed by atoms with van der Waals surface area (Å²) in [6.07, 6.45) is 1.60. The molecule has 0 aliphatic heterocycles. The van der Waals surface area contributed by atoms with Crippen molar-refractivity contribution in [1.82, 2.24) is 4.98 Å². The number of anilines is 1. The Balaban J connectivity index is 2.09. The van der Waals surface area contributed by atoms with Crippen molar-refractivity contribution in [2.24, 2.45) is 0 Å². The van der Waals surface area contributed by atoms with E-state index in [2.05, 4.69) is 4.98 Å². The van der Waals surface area contributed by atoms with Gasteiger partial charge in [0, 0.05) is 11.9 Å². The summed E-state index contributed by atoms with van der Waals surface area (Å²) >= 11 is 0. The lowest BCUT2D eigenvalue weighted by molar-refractivity contribution is 0.286. The highest BCUT2D eigenvalue weighted by Gasteiger charge is 2.04. The van der Waals surface area contributed by atoms with Crippen molar-refractivity contribution in [2.45, 2.75) is 13.5 Å². The Morgan fingerprint density at radius 3 is 2.88 bits per heavy atom. The molecule has 1 heterocycles. The standard InChI is InChI=1S/C13H13FN2O/c1-9-2-3-12(14)13(6-9)17-8-11-7-10(15)4-5-16-11/h2-7H,8H2,1H3,(H2,15,16). The summed E-state index contributed by atoms with van der Waals surface area (Å²) in [7, 11) is 0. The van der Waals surface area contributed by atoms with Gasteiger partial charge >= 0.3 is 0 Å². The molecular weight excluding hydrogens is 219 g/mol. The van der Waals surface area contributed by atoms with Crippen LogP contribution in [0.25, 0.3) is 0 Å². The predicted molar refractivity (Wildman–Crippen MR) is 64.1 cm³/mol. The average molecular weight is 232 g/mol. The van der Waals surface area contributed by atoms with E-state index < -0.39 is 0 Å². The first kappa shape index (κ1) is 11.4. The van der Waals surface area contributed by atoms with Gasteiger partial charge in [-0.15, -0.1) is 0 Å². The summed E-state index contributed by atoms with van der Waals surface area (Å²) in [6.45, 7) is 2.08. The summed E-state index contributed by atoms with van der Waals surface area (Å²) < 4.78 is 18.7. The van der Waals surface area contributed by atoms with E-state index in [1.807, 2.05) is 6.92 Å². The van der Waals surface area contributed by atoms with Crippen molar-refractivity contribution in [3.8, 4) is 5.75 Å². The molecule has 2 N–H and O–H groups in total. The van der Waals surface area contributed by atoms with Crippen molar-refractivity contribution < 1.29 is 9.13 Å². The van der Waals surface area contributed by atoms with Gasteiger partial charge in [-0.25, -0.2) is 4.39 Å². The van der Waals surface area contributed by atoms with Gasteiger partial charge in [0.25, 0.3) is 0 Å². The highest BCUT2D eigenvalue weighted by Crippen LogP contribution is 2.19. The van der Waals surface area contributed by atoms with Crippen LogP contribution in [0.15, 0.2) is 36.5 Å². The second-order valence-corrected chi connectivity index (χ2v) is 3.80. The lowest BCUT2D eigenvalue weighted by atomic mass is 10.2. The lowest BCUT2D eigenvalue weighted by Gasteiger charge is -2.07. The molecular formula is C13H13FN2O. The van der Waals surface area contributed by atoms with Gasteiger partial charge in [-0.1, -0.05) is 6.07 Å². The number of rotatable bonds is 3. The molecule has 0 unspecified atom stereocenters. The summed E-state index contributed by atoms with van der Waals surface area (Å²) in [6, 6.07) is 8.13. The van der Waals surface area contributed by atoms with Gasteiger partial charge in [0.05, 0.1) is 5.69 Å². The van der Waals surface area contributed by atoms with E-state index in [0.717, 1.165) is 5.56 Å². The van der Waals surface area contributed by atoms with Gasteiger partial charge in [-0.05, 0) is 36.8 Å². The first-order valence-corrected chi connectivity index (χ1v) is 5.24. The minimum absolute atomic E-state index is 0.200. The van der Waals surface area contributed by atoms with Crippen LogP contribution in [0.3, 0.4) is 0 Å². The maximum Gasteiger partial charge on any atom is 0.165 e. The molecule has 0 aliphatic carbocycles. The van der Waals surface area contributed by atoms with Crippen LogP contribution in [-0.2, 0) is 6.61 Å². The Bertz CT molecular complexity index is 529. The smallest absolute Gasteiger partial charge is 0.165 e. The predicted octanol–water partition coefficient (Wildman–Crippen LogP) is 2.69. The Morgan fingerprint density at radius 1 is 1.29 bits per heavy atom. The summed E-state index contributed by atoms with van der Waals surface area (Å²) in [5.74, 6) is -0.145. The Hall–Kier alpha value is -2.10. The lowest BCUT2D eigenvalue weighted by Crippen LogP contribution is -2.00. The number of pyridine rings is 1. The van der Waals surface area contributed by atoms with E-state index in [-0.39, 0.29) is 18.2 Å². The van der Waals surface area contributed by atoms with Crippen LogP contribution in [0.5, 0.6) is 5.75 Å². The van der Waals surface area contributed by atoms with Crippen molar-refractivity contribution in [3.63, 3.8) is 0 Å². The molecule has 3 nitrogen and oxygen atoms in total. The number of aromatic nitrogens is 1. The first-order chi connectivity index (χ1) is 8.15. The van der Waals surface area contributed by atoms with Gasteiger partial charge < -0.3 is 10.5 Å². The molecule has 0 aliphatic rings. The molecule has 2 aromatic rings. The normalized spacial score (nSPS) is 10.2. The van der Waals surface area contributed by atoms with Gasteiger partial charge in [0.2, 0.25) is 0 Å². The van der Waals surface area contributed by atoms with E-state index in [1.165, 1.54) is 6.07 Å². The first-order valence-electron chi connectivity index (χ1n) is 5.24. The third kappa shape index (κ3) is 2.93. The molecule has 0 spiro atoms. The number of aryl methyl sites for hydroxylation is 1. The minimum atomic E-state index is -0.375. The van der Waals surface area contributed by atoms with Crippen molar-refractivity contribution in [3.05, 3.63) is 53.6 Å². The molecule has 88 valence electrons. The monoisotopic (exact) mass is 232 g/mol. The zero-order chi connectivity index (χ0) is 12.3. The van der Waals surface area contributed by atoms with Crippen LogP contribution in [0.4, 0.5) is 10.1 Å². The van der Waals surface area contributed by atoms with Crippen molar-refractivity contribution in [2.75, 3.05) is 5.73 Å². The number of ether oxygens (including phenoxy) is 1. The third-order valence-corrected chi connectivity index (χ3v) is 2.30. The fourth-order valence-electron chi connectivity index (χ4n) is 1.45. The van der Waals surface area contributed by atoms with Crippen LogP contribution in [0.1, 0.15) is 11.3 Å². The molecule has 0 saturated carbocycles. The minimum Gasteiger partial charge on any atom is -0.484 e. The topological polar surface area (TPSA) is 48.1 Å². The van der Waals surface area contributed by atoms with E-state index in [0.29, 0.717) is 11.4 Å². The highest BCUT2D eigenvalue weighted by molar-refractivity contribution is 5.37. The SMILES string of the molecule is Cc1ccc(F)c(OCc2cc(N)ccn2)c1. The number of benzene rings is 1. The Labute approximate surface area is 99.1 Å². The third-order valence-electron chi connectivity index (χ3n) is 2.30. The van der Waals surface area contributed by atoms with Crippen LogP contribution >= 0.6 is 0 Å². The number of nitrogens with zero attached hydrogens (tertiary/aromatic N) is 1. The van der Waals surface area contributed by atoms with Gasteiger partial charge in [-0.3, -0.25) is 4.98 Å². The largest absolute Gasteiger partial charge is 0.484 e. The molecule has 0 amide bonds. The highest BCUT2D eigenvalue weighted by atomic mass is 19.1. The van der Waals surface area contributed by atoms with E-state index in [1.54, 1.807) is 30.5 Å². The zero-order valence-corrected chi connectivity index (χ0v) is 9.48. The van der Waals surface area contributed by atoms with Crippen molar-refractivity contribution in [1.29, 1.82) is 0 Å². The molecule has 17 heavy (non-hydrogen) atoms. The maximum absolute atomic E-state index is 13.4. The molecule has 0 atom stereocenters. The molecule has 0 radical (unpaired) electrons. The molecule has 4 heteroatoms. The van der Waals surface area contributed by atoms with Crippen LogP contribution in [-0.4, -0.2) is 4.98 Å². The number of nitrogens with two attached hydrogens (primary N) is 1.